The highest BCUT2D eigenvalue weighted by Crippen LogP contribution is 2.09. The van der Waals surface area contributed by atoms with Gasteiger partial charge in [-0.05, 0) is 26.7 Å². The zero-order chi connectivity index (χ0) is 15.1. The Hall–Kier alpha value is -1.58. The Labute approximate surface area is 121 Å². The molecule has 0 aromatic carbocycles. The molecule has 1 rings (SSSR count). The van der Waals surface area contributed by atoms with Crippen molar-refractivity contribution >= 4 is 5.91 Å². The van der Waals surface area contributed by atoms with Crippen LogP contribution in [0.3, 0.4) is 0 Å². The van der Waals surface area contributed by atoms with Crippen molar-refractivity contribution in [2.24, 2.45) is 0 Å². The summed E-state index contributed by atoms with van der Waals surface area (Å²) < 4.78 is 2.07. The number of carbonyl (C=O) groups excluding carboxylic acids is 1. The van der Waals surface area contributed by atoms with Crippen LogP contribution in [0.2, 0.25) is 0 Å². The molecule has 0 bridgehead atoms. The highest BCUT2D eigenvalue weighted by atomic mass is 16.2. The molecule has 0 aliphatic carbocycles. The molecule has 1 amide bonds. The Kier molecular flexibility index (Phi) is 6.49. The minimum absolute atomic E-state index is 0.179. The van der Waals surface area contributed by atoms with E-state index in [2.05, 4.69) is 23.7 Å². The molecule has 1 aromatic heterocycles. The number of rotatable bonds is 7. The second-order valence-electron chi connectivity index (χ2n) is 5.23. The number of aryl methyl sites for hydroxylation is 1. The molecule has 4 nitrogen and oxygen atoms in total. The van der Waals surface area contributed by atoms with Crippen LogP contribution in [0.4, 0.5) is 0 Å². The number of carbonyl (C=O) groups is 1. The number of aromatic nitrogens is 1. The van der Waals surface area contributed by atoms with Crippen LogP contribution in [0, 0.1) is 13.8 Å². The Morgan fingerprint density at radius 1 is 1.20 bits per heavy atom. The van der Waals surface area contributed by atoms with Crippen LogP contribution in [0.15, 0.2) is 10.9 Å². The second kappa shape index (κ2) is 7.88. The quantitative estimate of drug-likeness (QED) is 0.780. The number of nitrogens with zero attached hydrogens (tertiary/aromatic N) is 1. The van der Waals surface area contributed by atoms with Crippen molar-refractivity contribution in [2.75, 3.05) is 6.54 Å². The van der Waals surface area contributed by atoms with E-state index in [9.17, 15) is 9.59 Å². The van der Waals surface area contributed by atoms with Crippen molar-refractivity contribution in [3.8, 4) is 0 Å². The number of hydrogen-bond acceptors (Lipinski definition) is 2. The van der Waals surface area contributed by atoms with Gasteiger partial charge in [-0.3, -0.25) is 9.59 Å². The van der Waals surface area contributed by atoms with Crippen molar-refractivity contribution in [2.45, 2.75) is 59.9 Å². The molecule has 0 saturated heterocycles. The third kappa shape index (κ3) is 3.95. The Bertz CT molecular complexity index is 518. The smallest absolute Gasteiger partial charge is 0.257 e. The van der Waals surface area contributed by atoms with E-state index in [1.54, 1.807) is 6.07 Å². The van der Waals surface area contributed by atoms with Crippen molar-refractivity contribution in [3.05, 3.63) is 33.2 Å². The van der Waals surface area contributed by atoms with Crippen molar-refractivity contribution in [1.82, 2.24) is 9.88 Å². The number of pyridine rings is 1. The van der Waals surface area contributed by atoms with Gasteiger partial charge in [0.25, 0.3) is 5.91 Å². The highest BCUT2D eigenvalue weighted by Gasteiger charge is 2.16. The summed E-state index contributed by atoms with van der Waals surface area (Å²) in [5.74, 6) is -0.244. The molecule has 0 atom stereocenters. The van der Waals surface area contributed by atoms with Gasteiger partial charge in [-0.2, -0.15) is 0 Å². The van der Waals surface area contributed by atoms with Crippen molar-refractivity contribution in [3.63, 3.8) is 0 Å². The van der Waals surface area contributed by atoms with E-state index in [-0.39, 0.29) is 11.3 Å². The van der Waals surface area contributed by atoms with E-state index in [1.807, 2.05) is 13.8 Å². The summed E-state index contributed by atoms with van der Waals surface area (Å²) in [5.41, 5.74) is 1.81. The maximum absolute atomic E-state index is 12.2. The van der Waals surface area contributed by atoms with E-state index in [0.29, 0.717) is 12.1 Å². The van der Waals surface area contributed by atoms with Gasteiger partial charge < -0.3 is 9.88 Å². The Morgan fingerprint density at radius 3 is 2.45 bits per heavy atom. The topological polar surface area (TPSA) is 51.1 Å². The van der Waals surface area contributed by atoms with Crippen LogP contribution in [0.25, 0.3) is 0 Å². The third-order valence-electron chi connectivity index (χ3n) is 3.56. The molecule has 20 heavy (non-hydrogen) atoms. The average molecular weight is 278 g/mol. The second-order valence-corrected chi connectivity index (χ2v) is 5.23. The first-order chi connectivity index (χ1) is 9.52. The van der Waals surface area contributed by atoms with Gasteiger partial charge in [0, 0.05) is 30.5 Å². The molecule has 0 fully saturated rings. The average Bonchev–Trinajstić information content (AvgIpc) is 2.38. The third-order valence-corrected chi connectivity index (χ3v) is 3.56. The van der Waals surface area contributed by atoms with Gasteiger partial charge in [0.05, 0.1) is 0 Å². The monoisotopic (exact) mass is 278 g/mol. The highest BCUT2D eigenvalue weighted by molar-refractivity contribution is 5.95. The predicted molar refractivity (Wildman–Crippen MR) is 82.3 cm³/mol. The van der Waals surface area contributed by atoms with Crippen LogP contribution >= 0.6 is 0 Å². The Morgan fingerprint density at radius 2 is 1.85 bits per heavy atom. The van der Waals surface area contributed by atoms with E-state index < -0.39 is 0 Å². The summed E-state index contributed by atoms with van der Waals surface area (Å²) in [7, 11) is 0. The SMILES string of the molecule is CCCCNC(=O)c1c(C)n(CCCC)c(C)cc1=O. The predicted octanol–water partition coefficient (Wildman–Crippen LogP) is 2.80. The maximum atomic E-state index is 12.2. The molecule has 112 valence electrons. The molecule has 0 spiro atoms. The summed E-state index contributed by atoms with van der Waals surface area (Å²) in [6.45, 7) is 9.45. The normalized spacial score (nSPS) is 10.6. The minimum atomic E-state index is -0.244. The number of nitrogens with one attached hydrogen (secondary N) is 1. The molecule has 0 radical (unpaired) electrons. The fourth-order valence-corrected chi connectivity index (χ4v) is 2.32. The van der Waals surface area contributed by atoms with Gasteiger partial charge >= 0.3 is 0 Å². The lowest BCUT2D eigenvalue weighted by atomic mass is 10.1. The number of hydrogen-bond donors (Lipinski definition) is 1. The summed E-state index contributed by atoms with van der Waals surface area (Å²) >= 11 is 0. The first kappa shape index (κ1) is 16.5. The van der Waals surface area contributed by atoms with Crippen LogP contribution in [0.5, 0.6) is 0 Å². The minimum Gasteiger partial charge on any atom is -0.352 e. The van der Waals surface area contributed by atoms with Crippen LogP contribution in [-0.4, -0.2) is 17.0 Å². The first-order valence-corrected chi connectivity index (χ1v) is 7.52. The standard InChI is InChI=1S/C16H26N2O2/c1-5-7-9-17-16(20)15-13(4)18(10-8-6-2)12(3)11-14(15)19/h11H,5-10H2,1-4H3,(H,17,20). The molecule has 1 heterocycles. The molecule has 0 aliphatic rings. The largest absolute Gasteiger partial charge is 0.352 e. The molecule has 0 saturated carbocycles. The first-order valence-electron chi connectivity index (χ1n) is 7.52. The molecule has 1 N–H and O–H groups in total. The molecular formula is C16H26N2O2. The summed E-state index contributed by atoms with van der Waals surface area (Å²) in [5, 5.41) is 2.83. The molecule has 1 aromatic rings. The lowest BCUT2D eigenvalue weighted by molar-refractivity contribution is 0.0950. The zero-order valence-corrected chi connectivity index (χ0v) is 13.1. The van der Waals surface area contributed by atoms with Crippen LogP contribution in [0.1, 0.15) is 61.3 Å². The molecule has 0 aliphatic heterocycles. The van der Waals surface area contributed by atoms with Crippen LogP contribution < -0.4 is 10.7 Å². The molecule has 4 heteroatoms. The van der Waals surface area contributed by atoms with Gasteiger partial charge in [-0.1, -0.05) is 26.7 Å². The van der Waals surface area contributed by atoms with Gasteiger partial charge in [0.1, 0.15) is 5.56 Å². The lowest BCUT2D eigenvalue weighted by Crippen LogP contribution is -2.32. The van der Waals surface area contributed by atoms with E-state index >= 15 is 0 Å². The molecular weight excluding hydrogens is 252 g/mol. The van der Waals surface area contributed by atoms with Crippen molar-refractivity contribution in [1.29, 1.82) is 0 Å². The van der Waals surface area contributed by atoms with E-state index in [0.717, 1.165) is 43.6 Å². The summed E-state index contributed by atoms with van der Waals surface area (Å²) in [6.07, 6.45) is 4.08. The zero-order valence-electron chi connectivity index (χ0n) is 13.1. The fraction of sp³-hybridized carbons (Fsp3) is 0.625. The van der Waals surface area contributed by atoms with Gasteiger partial charge in [-0.25, -0.2) is 0 Å². The van der Waals surface area contributed by atoms with Crippen molar-refractivity contribution < 1.29 is 4.79 Å². The number of unbranched alkanes of at least 4 members (excludes halogenated alkanes) is 2. The van der Waals surface area contributed by atoms with Gasteiger partial charge in [-0.15, -0.1) is 0 Å². The molecule has 0 unspecified atom stereocenters. The van der Waals surface area contributed by atoms with Gasteiger partial charge in [0.15, 0.2) is 5.43 Å². The Balaban J connectivity index is 3.06. The fourth-order valence-electron chi connectivity index (χ4n) is 2.32. The maximum Gasteiger partial charge on any atom is 0.257 e. The summed E-state index contributed by atoms with van der Waals surface area (Å²) in [6, 6.07) is 1.57. The van der Waals surface area contributed by atoms with E-state index in [1.165, 1.54) is 0 Å². The van der Waals surface area contributed by atoms with Crippen LogP contribution in [-0.2, 0) is 6.54 Å². The lowest BCUT2D eigenvalue weighted by Gasteiger charge is -2.17. The van der Waals surface area contributed by atoms with E-state index in [4.69, 9.17) is 0 Å². The van der Waals surface area contributed by atoms with Gasteiger partial charge in [0.2, 0.25) is 0 Å². The number of amides is 1. The summed E-state index contributed by atoms with van der Waals surface area (Å²) in [4.78, 5) is 24.3.